The Kier molecular flexibility index (Phi) is 6.70. The largest absolute Gasteiger partial charge is 0.243 e. The van der Waals surface area contributed by atoms with Gasteiger partial charge in [0, 0.05) is 18.8 Å². The molecule has 2 atom stereocenters. The van der Waals surface area contributed by atoms with Crippen LogP contribution in [-0.4, -0.2) is 35.6 Å². The van der Waals surface area contributed by atoms with Gasteiger partial charge in [-0.2, -0.15) is 9.40 Å². The molecule has 6 rings (SSSR count). The molecule has 208 valence electrons. The zero-order valence-electron chi connectivity index (χ0n) is 23.3. The second-order valence-corrected chi connectivity index (χ2v) is 14.4. The average Bonchev–Trinajstić information content (AvgIpc) is 3.34. The van der Waals surface area contributed by atoms with Crippen molar-refractivity contribution in [2.75, 3.05) is 13.1 Å². The van der Waals surface area contributed by atoms with Gasteiger partial charge in [-0.15, -0.1) is 0 Å². The van der Waals surface area contributed by atoms with Crippen LogP contribution in [0.25, 0.3) is 5.69 Å². The molecule has 1 saturated heterocycles. The highest BCUT2D eigenvalue weighted by Gasteiger charge is 2.49. The van der Waals surface area contributed by atoms with E-state index in [0.29, 0.717) is 23.9 Å². The monoisotopic (exact) mass is 557 g/mol. The van der Waals surface area contributed by atoms with Gasteiger partial charge in [-0.25, -0.2) is 17.5 Å². The van der Waals surface area contributed by atoms with Crippen LogP contribution in [0, 0.1) is 17.2 Å². The lowest BCUT2D eigenvalue weighted by Crippen LogP contribution is -2.55. The van der Waals surface area contributed by atoms with Gasteiger partial charge in [-0.1, -0.05) is 63.2 Å². The van der Waals surface area contributed by atoms with Gasteiger partial charge in [-0.05, 0) is 95.5 Å². The number of nitrogens with zero attached hydrogens (tertiary/aromatic N) is 3. The predicted octanol–water partition coefficient (Wildman–Crippen LogP) is 6.35. The van der Waals surface area contributed by atoms with Crippen LogP contribution in [0.5, 0.6) is 0 Å². The van der Waals surface area contributed by atoms with Crippen molar-refractivity contribution in [2.45, 2.75) is 56.8 Å². The molecule has 40 heavy (non-hydrogen) atoms. The molecular formula is C33H36FN3O2S. The molecule has 1 aliphatic carbocycles. The second-order valence-electron chi connectivity index (χ2n) is 12.5. The number of piperidine rings is 1. The van der Waals surface area contributed by atoms with Crippen molar-refractivity contribution in [3.63, 3.8) is 0 Å². The summed E-state index contributed by atoms with van der Waals surface area (Å²) in [5.41, 5.74) is 5.18. The van der Waals surface area contributed by atoms with Crippen molar-refractivity contribution >= 4 is 10.0 Å². The normalized spacial score (nSPS) is 21.6. The summed E-state index contributed by atoms with van der Waals surface area (Å²) in [7, 11) is -3.65. The van der Waals surface area contributed by atoms with E-state index in [4.69, 9.17) is 5.10 Å². The molecule has 1 aliphatic heterocycles. The van der Waals surface area contributed by atoms with Gasteiger partial charge in [0.2, 0.25) is 10.0 Å². The van der Waals surface area contributed by atoms with Crippen LogP contribution in [0.15, 0.2) is 90.0 Å². The van der Waals surface area contributed by atoms with E-state index < -0.39 is 10.0 Å². The molecule has 0 amide bonds. The highest BCUT2D eigenvalue weighted by molar-refractivity contribution is 7.89. The van der Waals surface area contributed by atoms with Gasteiger partial charge in [0.15, 0.2) is 0 Å². The summed E-state index contributed by atoms with van der Waals surface area (Å²) in [6.45, 7) is 7.35. The number of benzene rings is 3. The van der Waals surface area contributed by atoms with Crippen molar-refractivity contribution in [2.24, 2.45) is 11.3 Å². The Balaban J connectivity index is 1.35. The molecule has 0 N–H and O–H groups in total. The zero-order valence-corrected chi connectivity index (χ0v) is 24.2. The molecule has 0 spiro atoms. The van der Waals surface area contributed by atoms with Gasteiger partial charge < -0.3 is 0 Å². The summed E-state index contributed by atoms with van der Waals surface area (Å²) >= 11 is 0. The lowest BCUT2D eigenvalue weighted by molar-refractivity contribution is 0.0558. The van der Waals surface area contributed by atoms with Gasteiger partial charge in [-0.3, -0.25) is 0 Å². The lowest BCUT2D eigenvalue weighted by atomic mass is 9.60. The van der Waals surface area contributed by atoms with Gasteiger partial charge in [0.25, 0.3) is 0 Å². The minimum Gasteiger partial charge on any atom is -0.238 e. The third-order valence-electron chi connectivity index (χ3n) is 8.85. The van der Waals surface area contributed by atoms with Crippen LogP contribution >= 0.6 is 0 Å². The maximum absolute atomic E-state index is 14.0. The lowest BCUT2D eigenvalue weighted by Gasteiger charge is -2.50. The third-order valence-corrected chi connectivity index (χ3v) is 10.7. The summed E-state index contributed by atoms with van der Waals surface area (Å²) in [6, 6.07) is 24.2. The quantitative estimate of drug-likeness (QED) is 0.287. The van der Waals surface area contributed by atoms with Crippen molar-refractivity contribution < 1.29 is 12.8 Å². The van der Waals surface area contributed by atoms with Crippen LogP contribution in [0.3, 0.4) is 0 Å². The fourth-order valence-electron chi connectivity index (χ4n) is 6.62. The van der Waals surface area contributed by atoms with E-state index in [0.717, 1.165) is 48.2 Å². The standard InChI is InChI=1S/C33H36FN3O2S/c1-32(2,3)26-9-15-30(16-10-26)40(38,39)36-18-17-27-19-31-25(22-35-37(31)29-13-11-28(34)12-14-29)21-33(27,23-36)20-24-7-5-4-6-8-24/h4-16,22,27H,17-21,23H2,1-3H3. The second kappa shape index (κ2) is 9.96. The van der Waals surface area contributed by atoms with Crippen LogP contribution in [-0.2, 0) is 34.7 Å². The molecule has 0 bridgehead atoms. The molecule has 2 aliphatic rings. The smallest absolute Gasteiger partial charge is 0.238 e. The van der Waals surface area contributed by atoms with Gasteiger partial charge in [0.05, 0.1) is 16.8 Å². The summed E-state index contributed by atoms with van der Waals surface area (Å²) in [4.78, 5) is 0.356. The summed E-state index contributed by atoms with van der Waals surface area (Å²) < 4.78 is 45.2. The van der Waals surface area contributed by atoms with E-state index in [1.165, 1.54) is 17.7 Å². The molecule has 7 heteroatoms. The fraction of sp³-hybridized carbons (Fsp3) is 0.364. The molecule has 0 saturated carbocycles. The first-order valence-electron chi connectivity index (χ1n) is 14.0. The van der Waals surface area contributed by atoms with E-state index in [1.54, 1.807) is 28.6 Å². The first kappa shape index (κ1) is 26.9. The first-order valence-corrected chi connectivity index (χ1v) is 15.5. The fourth-order valence-corrected chi connectivity index (χ4v) is 8.17. The molecule has 4 aromatic rings. The number of sulfonamides is 1. The Hall–Kier alpha value is -3.29. The molecular weight excluding hydrogens is 521 g/mol. The number of hydrogen-bond donors (Lipinski definition) is 0. The van der Waals surface area contributed by atoms with Crippen LogP contribution in [0.4, 0.5) is 4.39 Å². The Morgan fingerprint density at radius 2 is 1.68 bits per heavy atom. The Labute approximate surface area is 236 Å². The van der Waals surface area contributed by atoms with E-state index in [-0.39, 0.29) is 16.6 Å². The van der Waals surface area contributed by atoms with Crippen LogP contribution in [0.2, 0.25) is 0 Å². The third kappa shape index (κ3) is 4.90. The highest BCUT2D eigenvalue weighted by Crippen LogP contribution is 2.48. The SMILES string of the molecule is CC(C)(C)c1ccc(S(=O)(=O)N2CCC3Cc4c(cnn4-c4ccc(F)cc4)CC3(Cc3ccccc3)C2)cc1. The number of fused-ring (bicyclic) bond motifs is 2. The Morgan fingerprint density at radius 3 is 2.35 bits per heavy atom. The predicted molar refractivity (Wildman–Crippen MR) is 156 cm³/mol. The molecule has 2 heterocycles. The van der Waals surface area contributed by atoms with Gasteiger partial charge >= 0.3 is 0 Å². The molecule has 1 aromatic heterocycles. The minimum atomic E-state index is -3.65. The van der Waals surface area contributed by atoms with Crippen LogP contribution in [0.1, 0.15) is 49.6 Å². The van der Waals surface area contributed by atoms with Crippen LogP contribution < -0.4 is 0 Å². The Morgan fingerprint density at radius 1 is 0.975 bits per heavy atom. The topological polar surface area (TPSA) is 55.2 Å². The Bertz CT molecular complexity index is 1610. The van der Waals surface area contributed by atoms with Crippen molar-refractivity contribution in [3.05, 3.63) is 113 Å². The average molecular weight is 558 g/mol. The number of rotatable bonds is 5. The molecule has 3 aromatic carbocycles. The summed E-state index contributed by atoms with van der Waals surface area (Å²) in [6.07, 6.45) is 5.06. The number of halogens is 1. The summed E-state index contributed by atoms with van der Waals surface area (Å²) in [5, 5.41) is 4.70. The maximum Gasteiger partial charge on any atom is 0.243 e. The highest BCUT2D eigenvalue weighted by atomic mass is 32.2. The van der Waals surface area contributed by atoms with Gasteiger partial charge in [0.1, 0.15) is 5.82 Å². The number of hydrogen-bond acceptors (Lipinski definition) is 3. The molecule has 1 fully saturated rings. The van der Waals surface area contributed by atoms with Crippen molar-refractivity contribution in [1.82, 2.24) is 14.1 Å². The summed E-state index contributed by atoms with van der Waals surface area (Å²) in [5.74, 6) is 0.0269. The zero-order chi connectivity index (χ0) is 28.1. The molecule has 2 unspecified atom stereocenters. The minimum absolute atomic E-state index is 0.0431. The van der Waals surface area contributed by atoms with E-state index in [1.807, 2.05) is 29.1 Å². The van der Waals surface area contributed by atoms with E-state index in [9.17, 15) is 12.8 Å². The van der Waals surface area contributed by atoms with Crippen molar-refractivity contribution in [1.29, 1.82) is 0 Å². The van der Waals surface area contributed by atoms with E-state index >= 15 is 0 Å². The van der Waals surface area contributed by atoms with E-state index in [2.05, 4.69) is 45.0 Å². The molecule has 0 radical (unpaired) electrons. The molecule has 5 nitrogen and oxygen atoms in total. The maximum atomic E-state index is 14.0. The number of aromatic nitrogens is 2. The van der Waals surface area contributed by atoms with Crippen molar-refractivity contribution in [3.8, 4) is 5.69 Å². The first-order chi connectivity index (χ1) is 19.0.